The number of nitrogens with zero attached hydrogens (tertiary/aromatic N) is 1. The van der Waals surface area contributed by atoms with Gasteiger partial charge in [0.15, 0.2) is 0 Å². The molecule has 1 nitrogen and oxygen atoms in total. The van der Waals surface area contributed by atoms with Crippen LogP contribution in [-0.2, 0) is 0 Å². The summed E-state index contributed by atoms with van der Waals surface area (Å²) in [4.78, 5) is 2.93. The summed E-state index contributed by atoms with van der Waals surface area (Å²) in [5, 5.41) is 0. The van der Waals surface area contributed by atoms with Crippen molar-refractivity contribution in [2.24, 2.45) is 0 Å². The van der Waals surface area contributed by atoms with E-state index in [0.717, 1.165) is 12.1 Å². The zero-order valence-corrected chi connectivity index (χ0v) is 15.1. The molecule has 1 fully saturated rings. The van der Waals surface area contributed by atoms with Crippen molar-refractivity contribution < 1.29 is 0 Å². The smallest absolute Gasteiger partial charge is 0.00981 e. The number of rotatable bonds is 2. The molecule has 1 aliphatic carbocycles. The molecule has 22 heavy (non-hydrogen) atoms. The Morgan fingerprint density at radius 1 is 0.727 bits per heavy atom. The first-order valence-electron chi connectivity index (χ1n) is 10.3. The van der Waals surface area contributed by atoms with E-state index in [-0.39, 0.29) is 0 Å². The van der Waals surface area contributed by atoms with Gasteiger partial charge in [0.1, 0.15) is 0 Å². The van der Waals surface area contributed by atoms with Crippen molar-refractivity contribution in [3.8, 4) is 0 Å². The first kappa shape index (κ1) is 18.0. The van der Waals surface area contributed by atoms with Gasteiger partial charge >= 0.3 is 0 Å². The van der Waals surface area contributed by atoms with E-state index in [1.807, 2.05) is 0 Å². The SMILES string of the molecule is CCC1CCCCCCCC/C=C\CCCN1C1CCCC1. The lowest BCUT2D eigenvalue weighted by Gasteiger charge is -2.36. The highest BCUT2D eigenvalue weighted by Gasteiger charge is 2.27. The molecule has 1 heterocycles. The lowest BCUT2D eigenvalue weighted by molar-refractivity contribution is 0.120. The van der Waals surface area contributed by atoms with Gasteiger partial charge in [-0.05, 0) is 57.9 Å². The molecule has 1 unspecified atom stereocenters. The minimum Gasteiger partial charge on any atom is -0.297 e. The first-order valence-corrected chi connectivity index (χ1v) is 10.3. The Bertz CT molecular complexity index is 290. The van der Waals surface area contributed by atoms with Crippen LogP contribution in [0.15, 0.2) is 12.2 Å². The molecule has 0 amide bonds. The fraction of sp³-hybridized carbons (Fsp3) is 0.905. The van der Waals surface area contributed by atoms with Gasteiger partial charge in [0, 0.05) is 12.1 Å². The third-order valence-electron chi connectivity index (χ3n) is 5.85. The molecule has 0 saturated heterocycles. The molecule has 2 aliphatic rings. The highest BCUT2D eigenvalue weighted by atomic mass is 15.2. The summed E-state index contributed by atoms with van der Waals surface area (Å²) in [7, 11) is 0. The minimum absolute atomic E-state index is 0.859. The van der Waals surface area contributed by atoms with Crippen LogP contribution in [0.4, 0.5) is 0 Å². The standard InChI is InChI=1S/C21H39N/c1-2-20-16-12-10-8-6-4-3-5-7-9-11-15-19-22(20)21-17-13-14-18-21/h7,9,20-21H,2-6,8,10-19H2,1H3/b9-7-. The maximum atomic E-state index is 2.93. The number of hydrogen-bond acceptors (Lipinski definition) is 1. The highest BCUT2D eigenvalue weighted by molar-refractivity contribution is 4.85. The average Bonchev–Trinajstić information content (AvgIpc) is 3.05. The Balaban J connectivity index is 1.90. The second kappa shape index (κ2) is 11.3. The van der Waals surface area contributed by atoms with Crippen molar-refractivity contribution in [1.82, 2.24) is 4.90 Å². The van der Waals surface area contributed by atoms with Crippen LogP contribution in [0.3, 0.4) is 0 Å². The van der Waals surface area contributed by atoms with Gasteiger partial charge in [-0.3, -0.25) is 4.90 Å². The molecule has 0 aromatic rings. The second-order valence-electron chi connectivity index (χ2n) is 7.55. The van der Waals surface area contributed by atoms with Gasteiger partial charge in [-0.15, -0.1) is 0 Å². The van der Waals surface area contributed by atoms with Gasteiger partial charge in [-0.25, -0.2) is 0 Å². The fourth-order valence-corrected chi connectivity index (χ4v) is 4.48. The summed E-state index contributed by atoms with van der Waals surface area (Å²) < 4.78 is 0. The molecule has 0 bridgehead atoms. The fourth-order valence-electron chi connectivity index (χ4n) is 4.48. The third kappa shape index (κ3) is 6.44. The molecule has 1 saturated carbocycles. The lowest BCUT2D eigenvalue weighted by atomic mass is 10.00. The normalized spacial score (nSPS) is 29.8. The van der Waals surface area contributed by atoms with E-state index in [4.69, 9.17) is 0 Å². The van der Waals surface area contributed by atoms with Crippen molar-refractivity contribution in [3.63, 3.8) is 0 Å². The Morgan fingerprint density at radius 2 is 1.32 bits per heavy atom. The molecule has 1 aliphatic heterocycles. The Labute approximate surface area is 139 Å². The summed E-state index contributed by atoms with van der Waals surface area (Å²) in [6, 6.07) is 1.77. The van der Waals surface area contributed by atoms with Crippen LogP contribution in [0, 0.1) is 0 Å². The zero-order valence-electron chi connectivity index (χ0n) is 15.1. The van der Waals surface area contributed by atoms with E-state index in [1.54, 1.807) is 0 Å². The van der Waals surface area contributed by atoms with Gasteiger partial charge in [-0.2, -0.15) is 0 Å². The van der Waals surface area contributed by atoms with Crippen LogP contribution in [-0.4, -0.2) is 23.5 Å². The minimum atomic E-state index is 0.859. The van der Waals surface area contributed by atoms with Crippen LogP contribution in [0.1, 0.15) is 103 Å². The highest BCUT2D eigenvalue weighted by Crippen LogP contribution is 2.28. The van der Waals surface area contributed by atoms with Crippen LogP contribution in [0.5, 0.6) is 0 Å². The summed E-state index contributed by atoms with van der Waals surface area (Å²) in [6.45, 7) is 3.76. The van der Waals surface area contributed by atoms with Crippen molar-refractivity contribution in [3.05, 3.63) is 12.2 Å². The zero-order chi connectivity index (χ0) is 15.5. The molecule has 0 aromatic carbocycles. The van der Waals surface area contributed by atoms with E-state index >= 15 is 0 Å². The van der Waals surface area contributed by atoms with Crippen molar-refractivity contribution in [1.29, 1.82) is 0 Å². The van der Waals surface area contributed by atoms with Gasteiger partial charge in [0.05, 0.1) is 0 Å². The Kier molecular flexibility index (Phi) is 9.24. The molecule has 0 aromatic heterocycles. The van der Waals surface area contributed by atoms with Gasteiger partial charge < -0.3 is 0 Å². The molecule has 1 atom stereocenters. The summed E-state index contributed by atoms with van der Waals surface area (Å²) in [5.41, 5.74) is 0. The second-order valence-corrected chi connectivity index (χ2v) is 7.55. The Morgan fingerprint density at radius 3 is 2.05 bits per heavy atom. The van der Waals surface area contributed by atoms with E-state index in [2.05, 4.69) is 24.0 Å². The summed E-state index contributed by atoms with van der Waals surface area (Å²) in [6.07, 6.45) is 26.2. The van der Waals surface area contributed by atoms with Crippen molar-refractivity contribution >= 4 is 0 Å². The van der Waals surface area contributed by atoms with E-state index in [0.29, 0.717) is 0 Å². The monoisotopic (exact) mass is 305 g/mol. The molecule has 0 radical (unpaired) electrons. The average molecular weight is 306 g/mol. The van der Waals surface area contributed by atoms with E-state index in [9.17, 15) is 0 Å². The summed E-state index contributed by atoms with van der Waals surface area (Å²) in [5.74, 6) is 0. The number of allylic oxidation sites excluding steroid dienone is 2. The van der Waals surface area contributed by atoms with Crippen molar-refractivity contribution in [2.75, 3.05) is 6.54 Å². The predicted molar refractivity (Wildman–Crippen MR) is 98.4 cm³/mol. The quantitative estimate of drug-likeness (QED) is 0.528. The third-order valence-corrected chi connectivity index (χ3v) is 5.85. The maximum Gasteiger partial charge on any atom is 0.00981 e. The molecule has 2 rings (SSSR count). The molecule has 0 N–H and O–H groups in total. The predicted octanol–water partition coefficient (Wildman–Crippen LogP) is 6.48. The number of hydrogen-bond donors (Lipinski definition) is 0. The first-order chi connectivity index (χ1) is 10.9. The van der Waals surface area contributed by atoms with Gasteiger partial charge in [0.2, 0.25) is 0 Å². The summed E-state index contributed by atoms with van der Waals surface area (Å²) >= 11 is 0. The van der Waals surface area contributed by atoms with Crippen molar-refractivity contribution in [2.45, 2.75) is 115 Å². The lowest BCUT2D eigenvalue weighted by Crippen LogP contribution is -2.42. The van der Waals surface area contributed by atoms with Gasteiger partial charge in [0.25, 0.3) is 0 Å². The van der Waals surface area contributed by atoms with Gasteiger partial charge in [-0.1, -0.05) is 64.0 Å². The largest absolute Gasteiger partial charge is 0.297 e. The van der Waals surface area contributed by atoms with Crippen LogP contribution >= 0.6 is 0 Å². The topological polar surface area (TPSA) is 3.24 Å². The molecular weight excluding hydrogens is 266 g/mol. The molecular formula is C21H39N. The molecule has 1 heteroatoms. The van der Waals surface area contributed by atoms with Crippen LogP contribution < -0.4 is 0 Å². The van der Waals surface area contributed by atoms with Crippen LogP contribution in [0.2, 0.25) is 0 Å². The van der Waals surface area contributed by atoms with Crippen LogP contribution in [0.25, 0.3) is 0 Å². The van der Waals surface area contributed by atoms with E-state index in [1.165, 1.54) is 103 Å². The molecule has 0 spiro atoms. The van der Waals surface area contributed by atoms with E-state index < -0.39 is 0 Å². The maximum absolute atomic E-state index is 2.93. The Hall–Kier alpha value is -0.300. The molecule has 128 valence electrons.